The lowest BCUT2D eigenvalue weighted by Crippen LogP contribution is -2.02. The van der Waals surface area contributed by atoms with Gasteiger partial charge >= 0.3 is 5.97 Å². The van der Waals surface area contributed by atoms with E-state index >= 15 is 0 Å². The zero-order chi connectivity index (χ0) is 14.4. The van der Waals surface area contributed by atoms with Gasteiger partial charge in [-0.25, -0.2) is 0 Å². The molecule has 0 unspecified atom stereocenters. The first-order chi connectivity index (χ1) is 9.66. The molecule has 0 N–H and O–H groups in total. The van der Waals surface area contributed by atoms with Crippen molar-refractivity contribution < 1.29 is 14.3 Å². The van der Waals surface area contributed by atoms with Crippen molar-refractivity contribution in [2.75, 3.05) is 0 Å². The van der Waals surface area contributed by atoms with Crippen LogP contribution in [0.15, 0.2) is 66.7 Å². The summed E-state index contributed by atoms with van der Waals surface area (Å²) < 4.78 is 5.13. The van der Waals surface area contributed by atoms with Gasteiger partial charge in [-0.2, -0.15) is 0 Å². The van der Waals surface area contributed by atoms with Crippen LogP contribution >= 0.6 is 0 Å². The Hall–Kier alpha value is -2.68. The third-order valence-electron chi connectivity index (χ3n) is 2.63. The van der Waals surface area contributed by atoms with Crippen molar-refractivity contribution >= 4 is 17.5 Å². The van der Waals surface area contributed by atoms with Gasteiger partial charge in [0.1, 0.15) is 5.76 Å². The molecule has 100 valence electrons. The minimum atomic E-state index is -0.457. The number of allylic oxidation sites excluding steroid dienone is 1. The fraction of sp³-hybridized carbons (Fsp3) is 0.0588. The summed E-state index contributed by atoms with van der Waals surface area (Å²) in [5, 5.41) is 0. The predicted molar refractivity (Wildman–Crippen MR) is 77.0 cm³/mol. The van der Waals surface area contributed by atoms with Gasteiger partial charge in [0, 0.05) is 24.1 Å². The Morgan fingerprint density at radius 2 is 1.35 bits per heavy atom. The van der Waals surface area contributed by atoms with E-state index in [0.29, 0.717) is 11.1 Å². The molecule has 0 aromatic heterocycles. The number of carbonyl (C=O) groups excluding carboxylic acids is 2. The topological polar surface area (TPSA) is 43.4 Å². The Morgan fingerprint density at radius 1 is 0.850 bits per heavy atom. The third kappa shape index (κ3) is 3.65. The average Bonchev–Trinajstić information content (AvgIpc) is 2.48. The lowest BCUT2D eigenvalue weighted by atomic mass is 10.1. The van der Waals surface area contributed by atoms with E-state index in [1.165, 1.54) is 13.0 Å². The van der Waals surface area contributed by atoms with Crippen molar-refractivity contribution in [3.05, 3.63) is 77.9 Å². The number of hydrogen-bond acceptors (Lipinski definition) is 3. The monoisotopic (exact) mass is 266 g/mol. The number of benzene rings is 2. The third-order valence-corrected chi connectivity index (χ3v) is 2.63. The highest BCUT2D eigenvalue weighted by Crippen LogP contribution is 2.17. The summed E-state index contributed by atoms with van der Waals surface area (Å²) in [7, 11) is 0. The van der Waals surface area contributed by atoms with Gasteiger partial charge in [0.15, 0.2) is 5.78 Å². The highest BCUT2D eigenvalue weighted by atomic mass is 16.5. The lowest BCUT2D eigenvalue weighted by Gasteiger charge is -2.07. The molecule has 0 aliphatic rings. The van der Waals surface area contributed by atoms with Crippen molar-refractivity contribution in [1.29, 1.82) is 0 Å². The summed E-state index contributed by atoms with van der Waals surface area (Å²) in [5.74, 6) is -0.404. The first kappa shape index (κ1) is 13.7. The maximum absolute atomic E-state index is 12.1. The number of esters is 1. The second-order valence-electron chi connectivity index (χ2n) is 4.20. The Morgan fingerprint density at radius 3 is 1.85 bits per heavy atom. The zero-order valence-corrected chi connectivity index (χ0v) is 11.1. The van der Waals surface area contributed by atoms with E-state index in [1.807, 2.05) is 24.3 Å². The molecule has 0 saturated heterocycles. The molecule has 0 amide bonds. The van der Waals surface area contributed by atoms with E-state index in [4.69, 9.17) is 4.74 Å². The molecule has 0 aliphatic heterocycles. The minimum absolute atomic E-state index is 0.203. The van der Waals surface area contributed by atoms with Crippen LogP contribution in [-0.4, -0.2) is 11.8 Å². The SMILES string of the molecule is CC(=O)O/C(=C\C(=O)c1ccccc1)c1ccccc1. The molecule has 0 saturated carbocycles. The van der Waals surface area contributed by atoms with E-state index in [9.17, 15) is 9.59 Å². The van der Waals surface area contributed by atoms with E-state index in [-0.39, 0.29) is 11.5 Å². The van der Waals surface area contributed by atoms with Gasteiger partial charge in [-0.15, -0.1) is 0 Å². The number of hydrogen-bond donors (Lipinski definition) is 0. The molecular formula is C17H14O3. The van der Waals surface area contributed by atoms with Gasteiger partial charge in [-0.1, -0.05) is 60.7 Å². The van der Waals surface area contributed by atoms with Crippen molar-refractivity contribution in [3.8, 4) is 0 Å². The van der Waals surface area contributed by atoms with Crippen LogP contribution in [0.3, 0.4) is 0 Å². The molecule has 2 aromatic rings. The number of ether oxygens (including phenoxy) is 1. The summed E-state index contributed by atoms with van der Waals surface area (Å²) in [5.41, 5.74) is 1.24. The van der Waals surface area contributed by atoms with E-state index in [0.717, 1.165) is 0 Å². The van der Waals surface area contributed by atoms with Crippen molar-refractivity contribution in [2.24, 2.45) is 0 Å². The second-order valence-corrected chi connectivity index (χ2v) is 4.20. The van der Waals surface area contributed by atoms with Gasteiger partial charge in [-0.05, 0) is 0 Å². The summed E-state index contributed by atoms with van der Waals surface area (Å²) in [6.45, 7) is 1.31. The average molecular weight is 266 g/mol. The summed E-state index contributed by atoms with van der Waals surface area (Å²) in [6.07, 6.45) is 1.34. The Kier molecular flexibility index (Phi) is 4.45. The number of rotatable bonds is 4. The van der Waals surface area contributed by atoms with Crippen LogP contribution < -0.4 is 0 Å². The highest BCUT2D eigenvalue weighted by Gasteiger charge is 2.10. The quantitative estimate of drug-likeness (QED) is 0.368. The summed E-state index contributed by atoms with van der Waals surface area (Å²) in [4.78, 5) is 23.3. The van der Waals surface area contributed by atoms with Gasteiger partial charge in [0.05, 0.1) is 0 Å². The Balaban J connectivity index is 2.34. The van der Waals surface area contributed by atoms with Crippen LogP contribution in [0, 0.1) is 0 Å². The van der Waals surface area contributed by atoms with E-state index in [2.05, 4.69) is 0 Å². The van der Waals surface area contributed by atoms with Gasteiger partial charge in [0.2, 0.25) is 0 Å². The highest BCUT2D eigenvalue weighted by molar-refractivity contribution is 6.08. The molecule has 0 bridgehead atoms. The Labute approximate surface area is 117 Å². The molecule has 0 spiro atoms. The van der Waals surface area contributed by atoms with Crippen LogP contribution in [0.1, 0.15) is 22.8 Å². The van der Waals surface area contributed by atoms with Crippen molar-refractivity contribution in [2.45, 2.75) is 6.92 Å². The van der Waals surface area contributed by atoms with Crippen LogP contribution in [0.5, 0.6) is 0 Å². The molecule has 0 heterocycles. The normalized spacial score (nSPS) is 10.9. The summed E-state index contributed by atoms with van der Waals surface area (Å²) in [6, 6.07) is 17.9. The zero-order valence-electron chi connectivity index (χ0n) is 11.1. The molecule has 0 fully saturated rings. The number of ketones is 1. The first-order valence-corrected chi connectivity index (χ1v) is 6.22. The molecule has 0 radical (unpaired) electrons. The predicted octanol–water partition coefficient (Wildman–Crippen LogP) is 3.47. The Bertz CT molecular complexity index is 628. The lowest BCUT2D eigenvalue weighted by molar-refractivity contribution is -0.134. The fourth-order valence-electron chi connectivity index (χ4n) is 1.73. The molecule has 3 heteroatoms. The van der Waals surface area contributed by atoms with Crippen LogP contribution in [0.25, 0.3) is 5.76 Å². The van der Waals surface area contributed by atoms with Crippen molar-refractivity contribution in [1.82, 2.24) is 0 Å². The maximum atomic E-state index is 12.1. The van der Waals surface area contributed by atoms with E-state index < -0.39 is 5.97 Å². The van der Waals surface area contributed by atoms with Crippen LogP contribution in [0.2, 0.25) is 0 Å². The molecular weight excluding hydrogens is 252 g/mol. The smallest absolute Gasteiger partial charge is 0.308 e. The molecule has 0 aliphatic carbocycles. The van der Waals surface area contributed by atoms with Gasteiger partial charge in [0.25, 0.3) is 0 Å². The summed E-state index contributed by atoms with van der Waals surface area (Å²) >= 11 is 0. The number of carbonyl (C=O) groups is 2. The molecule has 2 rings (SSSR count). The fourth-order valence-corrected chi connectivity index (χ4v) is 1.73. The second kappa shape index (κ2) is 6.48. The van der Waals surface area contributed by atoms with Crippen LogP contribution in [0.4, 0.5) is 0 Å². The minimum Gasteiger partial charge on any atom is -0.426 e. The van der Waals surface area contributed by atoms with Crippen LogP contribution in [-0.2, 0) is 9.53 Å². The standard InChI is InChI=1S/C17H14O3/c1-13(18)20-17(15-10-6-3-7-11-15)12-16(19)14-8-4-2-5-9-14/h2-12H,1H3/b17-12-. The molecule has 2 aromatic carbocycles. The van der Waals surface area contributed by atoms with Gasteiger partial charge < -0.3 is 4.74 Å². The maximum Gasteiger partial charge on any atom is 0.308 e. The van der Waals surface area contributed by atoms with Crippen molar-refractivity contribution in [3.63, 3.8) is 0 Å². The van der Waals surface area contributed by atoms with E-state index in [1.54, 1.807) is 36.4 Å². The molecule has 20 heavy (non-hydrogen) atoms. The first-order valence-electron chi connectivity index (χ1n) is 6.22. The molecule has 3 nitrogen and oxygen atoms in total. The van der Waals surface area contributed by atoms with Gasteiger partial charge in [-0.3, -0.25) is 9.59 Å². The largest absolute Gasteiger partial charge is 0.426 e. The molecule has 0 atom stereocenters.